The molecule has 162 valence electrons. The van der Waals surface area contributed by atoms with E-state index in [2.05, 4.69) is 41.7 Å². The standard InChI is InChI=1S/C26H23NO4S/c28-23-18-22(25(30)27-23)31-24(29)16-17-32-26(19-10-4-1-5-11-19,20-12-6-2-7-13-20)21-14-8-3-9-15-21/h1-15,22H,16-18H2,(H,27,28,30). The molecule has 1 unspecified atom stereocenters. The first-order chi connectivity index (χ1) is 15.6. The summed E-state index contributed by atoms with van der Waals surface area (Å²) < 4.78 is 4.72. The van der Waals surface area contributed by atoms with E-state index < -0.39 is 28.6 Å². The van der Waals surface area contributed by atoms with Crippen LogP contribution in [0, 0.1) is 0 Å². The molecular formula is C26H23NO4S. The minimum Gasteiger partial charge on any atom is -0.452 e. The predicted molar refractivity (Wildman–Crippen MR) is 124 cm³/mol. The molecule has 5 nitrogen and oxygen atoms in total. The molecule has 32 heavy (non-hydrogen) atoms. The molecular weight excluding hydrogens is 422 g/mol. The summed E-state index contributed by atoms with van der Waals surface area (Å²) in [6, 6.07) is 30.6. The first-order valence-electron chi connectivity index (χ1n) is 10.4. The molecule has 0 bridgehead atoms. The van der Waals surface area contributed by atoms with E-state index >= 15 is 0 Å². The Kier molecular flexibility index (Phi) is 6.71. The Morgan fingerprint density at radius 2 is 1.31 bits per heavy atom. The van der Waals surface area contributed by atoms with Crippen molar-refractivity contribution in [3.05, 3.63) is 108 Å². The first kappa shape index (κ1) is 21.8. The molecule has 1 aliphatic heterocycles. The number of thioether (sulfide) groups is 1. The van der Waals surface area contributed by atoms with Crippen LogP contribution in [0.4, 0.5) is 0 Å². The van der Waals surface area contributed by atoms with Crippen LogP contribution in [0.1, 0.15) is 29.5 Å². The fraction of sp³-hybridized carbons (Fsp3) is 0.192. The highest BCUT2D eigenvalue weighted by atomic mass is 32.2. The lowest BCUT2D eigenvalue weighted by molar-refractivity contribution is -0.153. The van der Waals surface area contributed by atoms with Crippen LogP contribution in [0.3, 0.4) is 0 Å². The number of benzene rings is 3. The first-order valence-corrected chi connectivity index (χ1v) is 11.4. The molecule has 1 atom stereocenters. The highest BCUT2D eigenvalue weighted by molar-refractivity contribution is 8.00. The molecule has 1 aliphatic rings. The zero-order chi connectivity index (χ0) is 22.4. The minimum atomic E-state index is -1.03. The Morgan fingerprint density at radius 1 is 0.844 bits per heavy atom. The quantitative estimate of drug-likeness (QED) is 0.322. The van der Waals surface area contributed by atoms with Gasteiger partial charge in [0.1, 0.15) is 0 Å². The van der Waals surface area contributed by atoms with Crippen molar-refractivity contribution in [3.63, 3.8) is 0 Å². The van der Waals surface area contributed by atoms with Gasteiger partial charge in [-0.15, -0.1) is 11.8 Å². The van der Waals surface area contributed by atoms with Gasteiger partial charge in [-0.05, 0) is 16.7 Å². The lowest BCUT2D eigenvalue weighted by Gasteiger charge is -2.35. The molecule has 1 saturated heterocycles. The van der Waals surface area contributed by atoms with Gasteiger partial charge < -0.3 is 4.74 Å². The normalized spacial score (nSPS) is 15.9. The van der Waals surface area contributed by atoms with Crippen molar-refractivity contribution >= 4 is 29.5 Å². The average molecular weight is 446 g/mol. The van der Waals surface area contributed by atoms with E-state index in [0.717, 1.165) is 16.7 Å². The lowest BCUT2D eigenvalue weighted by atomic mass is 9.84. The molecule has 3 aromatic rings. The summed E-state index contributed by atoms with van der Waals surface area (Å²) in [7, 11) is 0. The fourth-order valence-corrected chi connectivity index (χ4v) is 5.38. The van der Waals surface area contributed by atoms with Crippen molar-refractivity contribution in [3.8, 4) is 0 Å². The SMILES string of the molecule is O=C1CC(OC(=O)CCSC(c2ccccc2)(c2ccccc2)c2ccccc2)C(=O)N1. The summed E-state index contributed by atoms with van der Waals surface area (Å²) >= 11 is 1.65. The van der Waals surface area contributed by atoms with Crippen molar-refractivity contribution in [2.75, 3.05) is 5.75 Å². The molecule has 1 N–H and O–H groups in total. The van der Waals surface area contributed by atoms with Crippen LogP contribution in [0.15, 0.2) is 91.0 Å². The molecule has 2 amide bonds. The number of carbonyl (C=O) groups is 3. The minimum absolute atomic E-state index is 0.111. The molecule has 6 heteroatoms. The zero-order valence-corrected chi connectivity index (χ0v) is 18.2. The van der Waals surface area contributed by atoms with E-state index in [4.69, 9.17) is 4.74 Å². The maximum atomic E-state index is 12.4. The van der Waals surface area contributed by atoms with Gasteiger partial charge in [0.15, 0.2) is 6.10 Å². The van der Waals surface area contributed by atoms with Crippen LogP contribution in [0.5, 0.6) is 0 Å². The third kappa shape index (κ3) is 4.60. The van der Waals surface area contributed by atoms with Gasteiger partial charge in [0.05, 0.1) is 17.6 Å². The number of nitrogens with one attached hydrogen (secondary N) is 1. The Bertz CT molecular complexity index is 990. The number of ether oxygens (including phenoxy) is 1. The highest BCUT2D eigenvalue weighted by Crippen LogP contribution is 2.48. The third-order valence-electron chi connectivity index (χ3n) is 5.37. The Hall–Kier alpha value is -3.38. The number of carbonyl (C=O) groups excluding carboxylic acids is 3. The van der Waals surface area contributed by atoms with E-state index in [0.29, 0.717) is 5.75 Å². The van der Waals surface area contributed by atoms with Crippen LogP contribution in [-0.2, 0) is 23.9 Å². The molecule has 0 saturated carbocycles. The molecule has 1 fully saturated rings. The molecule has 3 aromatic carbocycles. The van der Waals surface area contributed by atoms with Crippen molar-refractivity contribution in [1.29, 1.82) is 0 Å². The van der Waals surface area contributed by atoms with Gasteiger partial charge in [-0.3, -0.25) is 19.7 Å². The van der Waals surface area contributed by atoms with E-state index in [1.165, 1.54) is 0 Å². The summed E-state index contributed by atoms with van der Waals surface area (Å²) in [6.07, 6.45) is -1.02. The maximum absolute atomic E-state index is 12.4. The second kappa shape index (κ2) is 9.83. The van der Waals surface area contributed by atoms with Gasteiger partial charge >= 0.3 is 5.97 Å². The lowest BCUT2D eigenvalue weighted by Crippen LogP contribution is -2.29. The fourth-order valence-electron chi connectivity index (χ4n) is 3.90. The smallest absolute Gasteiger partial charge is 0.307 e. The second-order valence-electron chi connectivity index (χ2n) is 7.47. The number of hydrogen-bond donors (Lipinski definition) is 1. The summed E-state index contributed by atoms with van der Waals surface area (Å²) in [5.74, 6) is -0.989. The third-order valence-corrected chi connectivity index (χ3v) is 6.91. The van der Waals surface area contributed by atoms with Crippen LogP contribution >= 0.6 is 11.8 Å². The Labute approximate surface area is 191 Å². The van der Waals surface area contributed by atoms with Crippen LogP contribution in [-0.4, -0.2) is 29.6 Å². The van der Waals surface area contributed by atoms with Gasteiger partial charge in [0.2, 0.25) is 5.91 Å². The van der Waals surface area contributed by atoms with Crippen molar-refractivity contribution in [1.82, 2.24) is 5.32 Å². The van der Waals surface area contributed by atoms with E-state index in [-0.39, 0.29) is 12.8 Å². The van der Waals surface area contributed by atoms with Crippen LogP contribution in [0.2, 0.25) is 0 Å². The zero-order valence-electron chi connectivity index (χ0n) is 17.4. The van der Waals surface area contributed by atoms with Crippen LogP contribution < -0.4 is 5.32 Å². The molecule has 4 rings (SSSR count). The van der Waals surface area contributed by atoms with E-state index in [9.17, 15) is 14.4 Å². The van der Waals surface area contributed by atoms with Crippen molar-refractivity contribution in [2.45, 2.75) is 23.7 Å². The number of esters is 1. The second-order valence-corrected chi connectivity index (χ2v) is 8.78. The Balaban J connectivity index is 1.61. The monoisotopic (exact) mass is 445 g/mol. The molecule has 0 radical (unpaired) electrons. The highest BCUT2D eigenvalue weighted by Gasteiger charge is 2.37. The molecule has 0 aliphatic carbocycles. The maximum Gasteiger partial charge on any atom is 0.307 e. The van der Waals surface area contributed by atoms with Crippen molar-refractivity contribution < 1.29 is 19.1 Å². The van der Waals surface area contributed by atoms with E-state index in [1.54, 1.807) is 11.8 Å². The van der Waals surface area contributed by atoms with Crippen LogP contribution in [0.25, 0.3) is 0 Å². The van der Waals surface area contributed by atoms with Gasteiger partial charge in [-0.2, -0.15) is 0 Å². The molecule has 0 aromatic heterocycles. The van der Waals surface area contributed by atoms with Gasteiger partial charge in [0.25, 0.3) is 5.91 Å². The summed E-state index contributed by atoms with van der Waals surface area (Å²) in [4.78, 5) is 35.4. The summed E-state index contributed by atoms with van der Waals surface area (Å²) in [5.41, 5.74) is 3.32. The summed E-state index contributed by atoms with van der Waals surface area (Å²) in [6.45, 7) is 0. The Morgan fingerprint density at radius 3 is 1.72 bits per heavy atom. The van der Waals surface area contributed by atoms with Gasteiger partial charge in [-0.1, -0.05) is 91.0 Å². The number of rotatable bonds is 8. The predicted octanol–water partition coefficient (Wildman–Crippen LogP) is 4.06. The number of imide groups is 1. The molecule has 0 spiro atoms. The topological polar surface area (TPSA) is 72.5 Å². The largest absolute Gasteiger partial charge is 0.452 e. The molecule has 1 heterocycles. The van der Waals surface area contributed by atoms with E-state index in [1.807, 2.05) is 54.6 Å². The number of amides is 2. The number of hydrogen-bond acceptors (Lipinski definition) is 5. The average Bonchev–Trinajstić information content (AvgIpc) is 3.15. The van der Waals surface area contributed by atoms with Gasteiger partial charge in [0, 0.05) is 5.75 Å². The van der Waals surface area contributed by atoms with Crippen molar-refractivity contribution in [2.24, 2.45) is 0 Å². The summed E-state index contributed by atoms with van der Waals surface area (Å²) in [5, 5.41) is 2.16. The van der Waals surface area contributed by atoms with Gasteiger partial charge in [-0.25, -0.2) is 0 Å².